The van der Waals surface area contributed by atoms with Gasteiger partial charge in [0.05, 0.1) is 22.9 Å². The molecule has 3 heterocycles. The van der Waals surface area contributed by atoms with Crippen molar-refractivity contribution in [3.63, 3.8) is 0 Å². The van der Waals surface area contributed by atoms with E-state index in [2.05, 4.69) is 26.1 Å². The van der Waals surface area contributed by atoms with Gasteiger partial charge in [0.1, 0.15) is 5.82 Å². The molecule has 1 amide bonds. The molecule has 100 valence electrons. The average Bonchev–Trinajstić information content (AvgIpc) is 3.05. The largest absolute Gasteiger partial charge is 0.294 e. The summed E-state index contributed by atoms with van der Waals surface area (Å²) in [5, 5.41) is 8.49. The third-order valence-corrected chi connectivity index (χ3v) is 3.78. The van der Waals surface area contributed by atoms with Crippen LogP contribution < -0.4 is 4.90 Å². The average molecular weight is 324 g/mol. The third kappa shape index (κ3) is 2.30. The Kier molecular flexibility index (Phi) is 3.14. The second-order valence-electron chi connectivity index (χ2n) is 4.57. The first-order valence-electron chi connectivity index (χ1n) is 6.15. The Morgan fingerprint density at radius 3 is 3.05 bits per heavy atom. The molecule has 19 heavy (non-hydrogen) atoms. The van der Waals surface area contributed by atoms with Crippen molar-refractivity contribution in [1.29, 1.82) is 0 Å². The quantitative estimate of drug-likeness (QED) is 0.857. The first kappa shape index (κ1) is 12.4. The van der Waals surface area contributed by atoms with E-state index in [0.717, 1.165) is 22.5 Å². The maximum absolute atomic E-state index is 12.3. The van der Waals surface area contributed by atoms with Crippen molar-refractivity contribution in [1.82, 2.24) is 19.6 Å². The number of fused-ring (bicyclic) bond motifs is 1. The highest BCUT2D eigenvalue weighted by atomic mass is 79.9. The van der Waals surface area contributed by atoms with Gasteiger partial charge in [0.2, 0.25) is 5.91 Å². The van der Waals surface area contributed by atoms with E-state index in [-0.39, 0.29) is 5.91 Å². The molecule has 1 aliphatic heterocycles. The van der Waals surface area contributed by atoms with E-state index < -0.39 is 0 Å². The van der Waals surface area contributed by atoms with Crippen molar-refractivity contribution in [3.05, 3.63) is 28.6 Å². The number of anilines is 1. The minimum Gasteiger partial charge on any atom is -0.294 e. The number of carbonyl (C=O) groups excluding carboxylic acids is 1. The van der Waals surface area contributed by atoms with Crippen LogP contribution >= 0.6 is 15.9 Å². The molecule has 6 nitrogen and oxygen atoms in total. The maximum Gasteiger partial charge on any atom is 0.228 e. The van der Waals surface area contributed by atoms with Crippen LogP contribution in [-0.2, 0) is 24.8 Å². The fourth-order valence-electron chi connectivity index (χ4n) is 2.30. The predicted molar refractivity (Wildman–Crippen MR) is 73.8 cm³/mol. The molecule has 0 radical (unpaired) electrons. The highest BCUT2D eigenvalue weighted by Gasteiger charge is 2.27. The van der Waals surface area contributed by atoms with E-state index in [9.17, 15) is 4.79 Å². The van der Waals surface area contributed by atoms with Gasteiger partial charge in [-0.25, -0.2) is 4.68 Å². The molecule has 0 bridgehead atoms. The summed E-state index contributed by atoms with van der Waals surface area (Å²) in [4.78, 5) is 14.1. The lowest BCUT2D eigenvalue weighted by Gasteiger charge is -2.15. The van der Waals surface area contributed by atoms with Gasteiger partial charge in [-0.2, -0.15) is 10.2 Å². The zero-order chi connectivity index (χ0) is 13.4. The van der Waals surface area contributed by atoms with Crippen LogP contribution in [0, 0.1) is 0 Å². The Hall–Kier alpha value is -1.63. The van der Waals surface area contributed by atoms with Crippen LogP contribution in [0.25, 0.3) is 0 Å². The van der Waals surface area contributed by atoms with Gasteiger partial charge in [-0.05, 0) is 22.0 Å². The van der Waals surface area contributed by atoms with Gasteiger partial charge in [0, 0.05) is 32.6 Å². The number of carbonyl (C=O) groups is 1. The number of aryl methyl sites for hydroxylation is 2. The first-order chi connectivity index (χ1) is 9.15. The standard InChI is InChI=1S/C12H14BrN5O/c1-16-5-4-9(15-16)2-3-11(19)17-6-7-18-12(17)10(13)8-14-18/h4-5,8H,2-3,6-7H2,1H3. The van der Waals surface area contributed by atoms with Gasteiger partial charge in [-0.1, -0.05) is 0 Å². The number of rotatable bonds is 3. The maximum atomic E-state index is 12.3. The molecule has 3 rings (SSSR count). The molecular weight excluding hydrogens is 310 g/mol. The molecule has 1 aliphatic rings. The molecular formula is C12H14BrN5O. The summed E-state index contributed by atoms with van der Waals surface area (Å²) in [6.45, 7) is 1.46. The molecule has 2 aromatic rings. The molecule has 0 saturated heterocycles. The predicted octanol–water partition coefficient (Wildman–Crippen LogP) is 1.36. The molecule has 0 N–H and O–H groups in total. The van der Waals surface area contributed by atoms with Gasteiger partial charge in [0.25, 0.3) is 0 Å². The van der Waals surface area contributed by atoms with Gasteiger partial charge in [-0.15, -0.1) is 0 Å². The van der Waals surface area contributed by atoms with E-state index in [0.29, 0.717) is 19.4 Å². The number of amides is 1. The highest BCUT2D eigenvalue weighted by molar-refractivity contribution is 9.10. The summed E-state index contributed by atoms with van der Waals surface area (Å²) in [5.74, 6) is 0.983. The molecule has 0 fully saturated rings. The molecule has 0 aromatic carbocycles. The Morgan fingerprint density at radius 1 is 1.47 bits per heavy atom. The molecule has 0 spiro atoms. The molecule has 0 unspecified atom stereocenters. The van der Waals surface area contributed by atoms with Gasteiger partial charge in [0.15, 0.2) is 0 Å². The van der Waals surface area contributed by atoms with Gasteiger partial charge >= 0.3 is 0 Å². The van der Waals surface area contributed by atoms with Crippen LogP contribution in [0.15, 0.2) is 22.9 Å². The number of hydrogen-bond donors (Lipinski definition) is 0. The highest BCUT2D eigenvalue weighted by Crippen LogP contribution is 2.30. The van der Waals surface area contributed by atoms with Crippen molar-refractivity contribution in [2.75, 3.05) is 11.4 Å². The van der Waals surface area contributed by atoms with Crippen LogP contribution in [0.4, 0.5) is 5.82 Å². The van der Waals surface area contributed by atoms with Crippen molar-refractivity contribution < 1.29 is 4.79 Å². The van der Waals surface area contributed by atoms with Crippen LogP contribution in [0.5, 0.6) is 0 Å². The third-order valence-electron chi connectivity index (χ3n) is 3.22. The van der Waals surface area contributed by atoms with E-state index >= 15 is 0 Å². The van der Waals surface area contributed by atoms with E-state index in [1.165, 1.54) is 0 Å². The van der Waals surface area contributed by atoms with Crippen LogP contribution in [-0.4, -0.2) is 32.0 Å². The Morgan fingerprint density at radius 2 is 2.32 bits per heavy atom. The summed E-state index contributed by atoms with van der Waals surface area (Å²) < 4.78 is 4.47. The normalized spacial score (nSPS) is 13.9. The smallest absolute Gasteiger partial charge is 0.228 e. The second-order valence-corrected chi connectivity index (χ2v) is 5.42. The van der Waals surface area contributed by atoms with E-state index in [4.69, 9.17) is 0 Å². The zero-order valence-corrected chi connectivity index (χ0v) is 12.2. The zero-order valence-electron chi connectivity index (χ0n) is 10.6. The van der Waals surface area contributed by atoms with E-state index in [1.807, 2.05) is 24.0 Å². The lowest BCUT2D eigenvalue weighted by Crippen LogP contribution is -2.29. The Labute approximate surface area is 119 Å². The van der Waals surface area contributed by atoms with Gasteiger partial charge in [-0.3, -0.25) is 14.4 Å². The summed E-state index contributed by atoms with van der Waals surface area (Å²) in [5.41, 5.74) is 0.947. The second kappa shape index (κ2) is 4.80. The number of aromatic nitrogens is 4. The minimum atomic E-state index is 0.116. The summed E-state index contributed by atoms with van der Waals surface area (Å²) in [6, 6.07) is 1.94. The number of nitrogens with zero attached hydrogens (tertiary/aromatic N) is 5. The SMILES string of the molecule is Cn1ccc(CCC(=O)N2CCn3ncc(Br)c32)n1. The summed E-state index contributed by atoms with van der Waals surface area (Å²) in [6.07, 6.45) is 4.76. The molecule has 2 aromatic heterocycles. The fourth-order valence-corrected chi connectivity index (χ4v) is 2.81. The van der Waals surface area contributed by atoms with Crippen molar-refractivity contribution >= 4 is 27.7 Å². The summed E-state index contributed by atoms with van der Waals surface area (Å²) in [7, 11) is 1.88. The van der Waals surface area contributed by atoms with Crippen molar-refractivity contribution in [2.45, 2.75) is 19.4 Å². The lowest BCUT2D eigenvalue weighted by atomic mass is 10.2. The monoisotopic (exact) mass is 323 g/mol. The number of halogens is 1. The molecule has 0 saturated carbocycles. The fraction of sp³-hybridized carbons (Fsp3) is 0.417. The Bertz CT molecular complexity index is 617. The summed E-state index contributed by atoms with van der Waals surface area (Å²) >= 11 is 3.43. The molecule has 7 heteroatoms. The molecule has 0 atom stereocenters. The Balaban J connectivity index is 1.67. The van der Waals surface area contributed by atoms with Crippen LogP contribution in [0.3, 0.4) is 0 Å². The lowest BCUT2D eigenvalue weighted by molar-refractivity contribution is -0.118. The first-order valence-corrected chi connectivity index (χ1v) is 6.94. The van der Waals surface area contributed by atoms with E-state index in [1.54, 1.807) is 15.8 Å². The number of hydrogen-bond acceptors (Lipinski definition) is 3. The van der Waals surface area contributed by atoms with Gasteiger partial charge < -0.3 is 0 Å². The van der Waals surface area contributed by atoms with Crippen molar-refractivity contribution in [2.24, 2.45) is 7.05 Å². The van der Waals surface area contributed by atoms with Crippen molar-refractivity contribution in [3.8, 4) is 0 Å². The van der Waals surface area contributed by atoms with Crippen LogP contribution in [0.1, 0.15) is 12.1 Å². The topological polar surface area (TPSA) is 56.0 Å². The van der Waals surface area contributed by atoms with Crippen LogP contribution in [0.2, 0.25) is 0 Å². The molecule has 0 aliphatic carbocycles. The minimum absolute atomic E-state index is 0.116.